The molecule has 0 atom stereocenters. The van der Waals surface area contributed by atoms with E-state index in [2.05, 4.69) is 50.3 Å². The third kappa shape index (κ3) is 19.2. The summed E-state index contributed by atoms with van der Waals surface area (Å²) in [5, 5.41) is 0. The molecule has 0 saturated carbocycles. The molecule has 0 nitrogen and oxygen atoms in total. The number of unbranched alkanes of at least 4 members (excludes halogenated alkanes) is 11. The highest BCUT2D eigenvalue weighted by atomic mass is 14.0. The van der Waals surface area contributed by atoms with Crippen molar-refractivity contribution >= 4 is 0 Å². The van der Waals surface area contributed by atoms with Crippen molar-refractivity contribution in [2.45, 2.75) is 97.3 Å². The number of allylic oxidation sites excluding steroid dienone is 6. The molecule has 0 aromatic rings. The highest BCUT2D eigenvalue weighted by Crippen LogP contribution is 2.10. The SMILES string of the molecule is CC=CCCCCC=CCCCCCCCCCC=CC. The van der Waals surface area contributed by atoms with Gasteiger partial charge in [0.2, 0.25) is 0 Å². The monoisotopic (exact) mass is 290 g/mol. The topological polar surface area (TPSA) is 0 Å². The maximum absolute atomic E-state index is 2.40. The molecular weight excluding hydrogens is 252 g/mol. The van der Waals surface area contributed by atoms with Gasteiger partial charge < -0.3 is 0 Å². The summed E-state index contributed by atoms with van der Waals surface area (Å²) in [4.78, 5) is 0. The highest BCUT2D eigenvalue weighted by molar-refractivity contribution is 4.82. The molecule has 0 aromatic carbocycles. The second kappa shape index (κ2) is 19.2. The van der Waals surface area contributed by atoms with Crippen LogP contribution < -0.4 is 0 Å². The molecule has 0 amide bonds. The fourth-order valence-corrected chi connectivity index (χ4v) is 2.50. The number of hydrogen-bond acceptors (Lipinski definition) is 0. The van der Waals surface area contributed by atoms with E-state index in [1.165, 1.54) is 83.5 Å². The van der Waals surface area contributed by atoms with Crippen LogP contribution >= 0.6 is 0 Å². The van der Waals surface area contributed by atoms with Crippen LogP contribution in [0.3, 0.4) is 0 Å². The van der Waals surface area contributed by atoms with Crippen LogP contribution in [0, 0.1) is 0 Å². The maximum Gasteiger partial charge on any atom is -0.0351 e. The van der Waals surface area contributed by atoms with Gasteiger partial charge in [0, 0.05) is 0 Å². The maximum atomic E-state index is 2.40. The molecule has 0 fully saturated rings. The van der Waals surface area contributed by atoms with Gasteiger partial charge >= 0.3 is 0 Å². The Labute approximate surface area is 134 Å². The molecule has 0 rings (SSSR count). The summed E-state index contributed by atoms with van der Waals surface area (Å²) < 4.78 is 0. The van der Waals surface area contributed by atoms with Crippen LogP contribution in [0.15, 0.2) is 36.5 Å². The van der Waals surface area contributed by atoms with Gasteiger partial charge in [0.15, 0.2) is 0 Å². The third-order valence-electron chi connectivity index (χ3n) is 3.87. The Kier molecular flexibility index (Phi) is 18.5. The van der Waals surface area contributed by atoms with Crippen molar-refractivity contribution in [3.8, 4) is 0 Å². The summed E-state index contributed by atoms with van der Waals surface area (Å²) in [6.07, 6.45) is 31.3. The van der Waals surface area contributed by atoms with E-state index in [4.69, 9.17) is 0 Å². The predicted molar refractivity (Wildman–Crippen MR) is 98.8 cm³/mol. The molecular formula is C21H38. The van der Waals surface area contributed by atoms with E-state index >= 15 is 0 Å². The standard InChI is InChI=1S/C21H38/c1-3-5-7-9-11-13-15-17-19-21-20-18-16-14-12-10-8-6-4-2/h3-6,15,17H,7-14,16,18-21H2,1-2H3. The van der Waals surface area contributed by atoms with E-state index in [1.807, 2.05) is 0 Å². The van der Waals surface area contributed by atoms with Gasteiger partial charge in [-0.2, -0.15) is 0 Å². The number of hydrogen-bond donors (Lipinski definition) is 0. The Morgan fingerprint density at radius 1 is 0.381 bits per heavy atom. The lowest BCUT2D eigenvalue weighted by molar-refractivity contribution is 0.583. The van der Waals surface area contributed by atoms with Gasteiger partial charge in [0.05, 0.1) is 0 Å². The first-order valence-corrected chi connectivity index (χ1v) is 9.29. The minimum absolute atomic E-state index is 1.25. The summed E-state index contributed by atoms with van der Waals surface area (Å²) in [6, 6.07) is 0. The summed E-state index contributed by atoms with van der Waals surface area (Å²) in [5.41, 5.74) is 0. The summed E-state index contributed by atoms with van der Waals surface area (Å²) in [6.45, 7) is 4.21. The Morgan fingerprint density at radius 2 is 0.667 bits per heavy atom. The molecule has 122 valence electrons. The molecule has 0 radical (unpaired) electrons. The van der Waals surface area contributed by atoms with E-state index < -0.39 is 0 Å². The van der Waals surface area contributed by atoms with Gasteiger partial charge in [-0.15, -0.1) is 0 Å². The van der Waals surface area contributed by atoms with Crippen LogP contribution in [0.2, 0.25) is 0 Å². The molecule has 0 bridgehead atoms. The number of rotatable bonds is 15. The van der Waals surface area contributed by atoms with Crippen LogP contribution in [0.5, 0.6) is 0 Å². The fourth-order valence-electron chi connectivity index (χ4n) is 2.50. The molecule has 0 aliphatic rings. The molecule has 0 aliphatic carbocycles. The lowest BCUT2D eigenvalue weighted by Gasteiger charge is -2.00. The van der Waals surface area contributed by atoms with Crippen LogP contribution in [0.4, 0.5) is 0 Å². The Bertz CT molecular complexity index is 257. The van der Waals surface area contributed by atoms with E-state index in [0.717, 1.165) is 0 Å². The Morgan fingerprint density at radius 3 is 1.05 bits per heavy atom. The zero-order valence-electron chi connectivity index (χ0n) is 14.7. The van der Waals surface area contributed by atoms with Gasteiger partial charge in [0.25, 0.3) is 0 Å². The van der Waals surface area contributed by atoms with Gasteiger partial charge in [-0.3, -0.25) is 0 Å². The van der Waals surface area contributed by atoms with Crippen molar-refractivity contribution in [3.05, 3.63) is 36.5 Å². The minimum atomic E-state index is 1.25. The Balaban J connectivity index is 3.07. The van der Waals surface area contributed by atoms with Crippen LogP contribution in [-0.2, 0) is 0 Å². The third-order valence-corrected chi connectivity index (χ3v) is 3.87. The molecule has 0 heterocycles. The quantitative estimate of drug-likeness (QED) is 0.213. The molecule has 0 heteroatoms. The van der Waals surface area contributed by atoms with Crippen LogP contribution in [0.1, 0.15) is 97.3 Å². The average Bonchev–Trinajstić information content (AvgIpc) is 2.50. The van der Waals surface area contributed by atoms with Crippen molar-refractivity contribution < 1.29 is 0 Å². The summed E-state index contributed by atoms with van der Waals surface area (Å²) in [5.74, 6) is 0. The fraction of sp³-hybridized carbons (Fsp3) is 0.714. The normalized spacial score (nSPS) is 12.3. The molecule has 0 aliphatic heterocycles. The minimum Gasteiger partial charge on any atom is -0.0917 e. The second-order valence-electron chi connectivity index (χ2n) is 5.95. The zero-order chi connectivity index (χ0) is 15.4. The van der Waals surface area contributed by atoms with E-state index in [1.54, 1.807) is 0 Å². The smallest absolute Gasteiger partial charge is 0.0351 e. The van der Waals surface area contributed by atoms with E-state index in [0.29, 0.717) is 0 Å². The van der Waals surface area contributed by atoms with Gasteiger partial charge in [-0.25, -0.2) is 0 Å². The summed E-state index contributed by atoms with van der Waals surface area (Å²) in [7, 11) is 0. The lowest BCUT2D eigenvalue weighted by atomic mass is 10.1. The van der Waals surface area contributed by atoms with E-state index in [-0.39, 0.29) is 0 Å². The first kappa shape index (κ1) is 20.2. The molecule has 0 spiro atoms. The van der Waals surface area contributed by atoms with Crippen LogP contribution in [-0.4, -0.2) is 0 Å². The van der Waals surface area contributed by atoms with E-state index in [9.17, 15) is 0 Å². The van der Waals surface area contributed by atoms with Crippen molar-refractivity contribution in [2.24, 2.45) is 0 Å². The van der Waals surface area contributed by atoms with Crippen LogP contribution in [0.25, 0.3) is 0 Å². The highest BCUT2D eigenvalue weighted by Gasteiger charge is 1.90. The summed E-state index contributed by atoms with van der Waals surface area (Å²) >= 11 is 0. The van der Waals surface area contributed by atoms with Crippen molar-refractivity contribution in [1.29, 1.82) is 0 Å². The predicted octanol–water partition coefficient (Wildman–Crippen LogP) is 7.77. The molecule has 0 unspecified atom stereocenters. The van der Waals surface area contributed by atoms with Crippen molar-refractivity contribution in [3.63, 3.8) is 0 Å². The van der Waals surface area contributed by atoms with Crippen molar-refractivity contribution in [2.75, 3.05) is 0 Å². The molecule has 0 aromatic heterocycles. The molecule has 0 saturated heterocycles. The second-order valence-corrected chi connectivity index (χ2v) is 5.95. The molecule has 0 N–H and O–H groups in total. The largest absolute Gasteiger partial charge is 0.0917 e. The van der Waals surface area contributed by atoms with Gasteiger partial charge in [-0.05, 0) is 65.2 Å². The zero-order valence-corrected chi connectivity index (χ0v) is 14.7. The van der Waals surface area contributed by atoms with Gasteiger partial charge in [-0.1, -0.05) is 68.6 Å². The first-order valence-electron chi connectivity index (χ1n) is 9.29. The lowest BCUT2D eigenvalue weighted by Crippen LogP contribution is -1.80. The van der Waals surface area contributed by atoms with Gasteiger partial charge in [0.1, 0.15) is 0 Å². The first-order chi connectivity index (χ1) is 10.4. The van der Waals surface area contributed by atoms with Crippen molar-refractivity contribution in [1.82, 2.24) is 0 Å². The average molecular weight is 291 g/mol. The Hall–Kier alpha value is -0.780. The molecule has 21 heavy (non-hydrogen) atoms.